The van der Waals surface area contributed by atoms with Gasteiger partial charge in [-0.15, -0.1) is 0 Å². The lowest BCUT2D eigenvalue weighted by Crippen LogP contribution is -2.26. The standard InChI is InChI=1S/C13H20N2O5S/c1-9(16)4-3-7-15-21(18,19)12-6-5-10(8-11(12)14)13(17)20-2/h5-6,8-9,15-16H,3-4,7,14H2,1-2H3. The first kappa shape index (κ1) is 17.4. The summed E-state index contributed by atoms with van der Waals surface area (Å²) < 4.78 is 31.1. The maximum absolute atomic E-state index is 12.1. The number of ether oxygens (including phenoxy) is 1. The number of esters is 1. The summed E-state index contributed by atoms with van der Waals surface area (Å²) in [4.78, 5) is 11.2. The Morgan fingerprint density at radius 1 is 1.48 bits per heavy atom. The van der Waals surface area contributed by atoms with Gasteiger partial charge in [-0.3, -0.25) is 0 Å². The van der Waals surface area contributed by atoms with E-state index in [9.17, 15) is 13.2 Å². The molecule has 0 amide bonds. The summed E-state index contributed by atoms with van der Waals surface area (Å²) in [6.45, 7) is 1.84. The molecular weight excluding hydrogens is 296 g/mol. The Balaban J connectivity index is 2.81. The normalized spacial score (nSPS) is 12.9. The van der Waals surface area contributed by atoms with Gasteiger partial charge in [0.25, 0.3) is 0 Å². The maximum Gasteiger partial charge on any atom is 0.337 e. The van der Waals surface area contributed by atoms with Gasteiger partial charge in [-0.25, -0.2) is 17.9 Å². The molecule has 0 saturated carbocycles. The summed E-state index contributed by atoms with van der Waals surface area (Å²) in [6, 6.07) is 3.86. The molecule has 0 aliphatic rings. The zero-order chi connectivity index (χ0) is 16.0. The second kappa shape index (κ2) is 7.39. The van der Waals surface area contributed by atoms with Crippen molar-refractivity contribution in [3.05, 3.63) is 23.8 Å². The second-order valence-electron chi connectivity index (χ2n) is 4.63. The number of anilines is 1. The van der Waals surface area contributed by atoms with Crippen LogP contribution in [-0.2, 0) is 14.8 Å². The fourth-order valence-electron chi connectivity index (χ4n) is 1.72. The average Bonchev–Trinajstić information content (AvgIpc) is 2.42. The van der Waals surface area contributed by atoms with Gasteiger partial charge >= 0.3 is 5.97 Å². The monoisotopic (exact) mass is 316 g/mol. The SMILES string of the molecule is COC(=O)c1ccc(S(=O)(=O)NCCCC(C)O)c(N)c1. The van der Waals surface area contributed by atoms with Crippen LogP contribution in [0.2, 0.25) is 0 Å². The summed E-state index contributed by atoms with van der Waals surface area (Å²) in [5.41, 5.74) is 5.84. The lowest BCUT2D eigenvalue weighted by Gasteiger charge is -2.10. The smallest absolute Gasteiger partial charge is 0.337 e. The van der Waals surface area contributed by atoms with Crippen LogP contribution in [0.1, 0.15) is 30.1 Å². The largest absolute Gasteiger partial charge is 0.465 e. The minimum atomic E-state index is -3.75. The lowest BCUT2D eigenvalue weighted by molar-refractivity contribution is 0.0600. The van der Waals surface area contributed by atoms with Crippen LogP contribution in [0.5, 0.6) is 0 Å². The number of hydrogen-bond acceptors (Lipinski definition) is 6. The van der Waals surface area contributed by atoms with Gasteiger partial charge in [-0.1, -0.05) is 0 Å². The first-order valence-electron chi connectivity index (χ1n) is 6.43. The van der Waals surface area contributed by atoms with E-state index in [0.717, 1.165) is 0 Å². The van der Waals surface area contributed by atoms with Crippen molar-refractivity contribution in [3.63, 3.8) is 0 Å². The van der Waals surface area contributed by atoms with Crippen LogP contribution < -0.4 is 10.5 Å². The van der Waals surface area contributed by atoms with E-state index in [1.807, 2.05) is 0 Å². The molecule has 1 atom stereocenters. The van der Waals surface area contributed by atoms with Crippen molar-refractivity contribution < 1.29 is 23.1 Å². The van der Waals surface area contributed by atoms with Gasteiger partial charge in [0.2, 0.25) is 10.0 Å². The number of sulfonamides is 1. The van der Waals surface area contributed by atoms with Crippen molar-refractivity contribution in [3.8, 4) is 0 Å². The van der Waals surface area contributed by atoms with Gasteiger partial charge in [0, 0.05) is 6.54 Å². The van der Waals surface area contributed by atoms with Crippen LogP contribution in [0, 0.1) is 0 Å². The number of nitrogen functional groups attached to an aromatic ring is 1. The number of hydrogen-bond donors (Lipinski definition) is 3. The predicted molar refractivity (Wildman–Crippen MR) is 78.3 cm³/mol. The summed E-state index contributed by atoms with van der Waals surface area (Å²) in [6.07, 6.45) is 0.537. The zero-order valence-electron chi connectivity index (χ0n) is 12.0. The molecule has 0 heterocycles. The third kappa shape index (κ3) is 5.00. The molecule has 0 saturated heterocycles. The molecule has 0 bridgehead atoms. The highest BCUT2D eigenvalue weighted by Crippen LogP contribution is 2.20. The first-order chi connectivity index (χ1) is 9.77. The van der Waals surface area contributed by atoms with Gasteiger partial charge < -0.3 is 15.6 Å². The van der Waals surface area contributed by atoms with E-state index in [1.165, 1.54) is 25.3 Å². The van der Waals surface area contributed by atoms with E-state index in [4.69, 9.17) is 10.8 Å². The summed E-state index contributed by atoms with van der Waals surface area (Å²) in [5, 5.41) is 9.11. The van der Waals surface area contributed by atoms with E-state index in [2.05, 4.69) is 9.46 Å². The number of aliphatic hydroxyl groups excluding tert-OH is 1. The van der Waals surface area contributed by atoms with E-state index in [1.54, 1.807) is 6.92 Å². The van der Waals surface area contributed by atoms with Crippen molar-refractivity contribution in [2.75, 3.05) is 19.4 Å². The number of benzene rings is 1. The molecule has 0 spiro atoms. The minimum absolute atomic E-state index is 0.0269. The Labute approximate surface area is 124 Å². The number of carbonyl (C=O) groups is 1. The van der Waals surface area contributed by atoms with Crippen LogP contribution >= 0.6 is 0 Å². The average molecular weight is 316 g/mol. The maximum atomic E-state index is 12.1. The highest BCUT2D eigenvalue weighted by atomic mass is 32.2. The Kier molecular flexibility index (Phi) is 6.13. The number of nitrogens with one attached hydrogen (secondary N) is 1. The van der Waals surface area contributed by atoms with Gasteiger partial charge in [0.15, 0.2) is 0 Å². The minimum Gasteiger partial charge on any atom is -0.465 e. The molecule has 1 unspecified atom stereocenters. The number of aliphatic hydroxyl groups is 1. The van der Waals surface area contributed by atoms with Crippen LogP contribution in [0.3, 0.4) is 0 Å². The third-order valence-corrected chi connectivity index (χ3v) is 4.35. The Morgan fingerprint density at radius 3 is 2.67 bits per heavy atom. The molecule has 0 radical (unpaired) electrons. The van der Waals surface area contributed by atoms with Gasteiger partial charge in [-0.05, 0) is 38.0 Å². The molecule has 1 aromatic rings. The summed E-state index contributed by atoms with van der Waals surface area (Å²) >= 11 is 0. The van der Waals surface area contributed by atoms with E-state index >= 15 is 0 Å². The highest BCUT2D eigenvalue weighted by molar-refractivity contribution is 7.89. The number of carbonyl (C=O) groups excluding carboxylic acids is 1. The van der Waals surface area contributed by atoms with Crippen LogP contribution in [-0.4, -0.2) is 39.3 Å². The number of methoxy groups -OCH3 is 1. The summed E-state index contributed by atoms with van der Waals surface area (Å²) in [5.74, 6) is -0.587. The quantitative estimate of drug-likeness (QED) is 0.383. The van der Waals surface area contributed by atoms with E-state index in [-0.39, 0.29) is 22.7 Å². The zero-order valence-corrected chi connectivity index (χ0v) is 12.8. The topological polar surface area (TPSA) is 119 Å². The van der Waals surface area contributed by atoms with E-state index in [0.29, 0.717) is 12.8 Å². The van der Waals surface area contributed by atoms with E-state index < -0.39 is 22.1 Å². The van der Waals surface area contributed by atoms with Crippen LogP contribution in [0.25, 0.3) is 0 Å². The van der Waals surface area contributed by atoms with Crippen molar-refractivity contribution >= 4 is 21.7 Å². The molecule has 1 rings (SSSR count). The molecule has 7 nitrogen and oxygen atoms in total. The molecule has 0 aliphatic heterocycles. The third-order valence-electron chi connectivity index (χ3n) is 2.81. The lowest BCUT2D eigenvalue weighted by atomic mass is 10.2. The van der Waals surface area contributed by atoms with Gasteiger partial charge in [0.1, 0.15) is 4.90 Å². The van der Waals surface area contributed by atoms with Gasteiger partial charge in [0.05, 0.1) is 24.5 Å². The van der Waals surface area contributed by atoms with Crippen molar-refractivity contribution in [2.24, 2.45) is 0 Å². The highest BCUT2D eigenvalue weighted by Gasteiger charge is 2.18. The summed E-state index contributed by atoms with van der Waals surface area (Å²) in [7, 11) is -2.52. The predicted octanol–water partition coefficient (Wildman–Crippen LogP) is 0.495. The molecule has 1 aromatic carbocycles. The van der Waals surface area contributed by atoms with Gasteiger partial charge in [-0.2, -0.15) is 0 Å². The fourth-order valence-corrected chi connectivity index (χ4v) is 2.90. The molecule has 0 fully saturated rings. The van der Waals surface area contributed by atoms with Crippen LogP contribution in [0.4, 0.5) is 5.69 Å². The molecule has 8 heteroatoms. The van der Waals surface area contributed by atoms with Crippen molar-refractivity contribution in [2.45, 2.75) is 30.8 Å². The molecule has 118 valence electrons. The molecule has 4 N–H and O–H groups in total. The Hall–Kier alpha value is -1.64. The molecule has 21 heavy (non-hydrogen) atoms. The van der Waals surface area contributed by atoms with Crippen LogP contribution in [0.15, 0.2) is 23.1 Å². The Morgan fingerprint density at radius 2 is 2.14 bits per heavy atom. The first-order valence-corrected chi connectivity index (χ1v) is 7.92. The van der Waals surface area contributed by atoms with Crippen molar-refractivity contribution in [1.82, 2.24) is 4.72 Å². The number of nitrogens with two attached hydrogens (primary N) is 1. The second-order valence-corrected chi connectivity index (χ2v) is 6.37. The number of rotatable bonds is 7. The van der Waals surface area contributed by atoms with Crippen molar-refractivity contribution in [1.29, 1.82) is 0 Å². The molecule has 0 aliphatic carbocycles. The Bertz CT molecular complexity index is 599. The molecular formula is C13H20N2O5S. The molecule has 0 aromatic heterocycles. The fraction of sp³-hybridized carbons (Fsp3) is 0.462.